The zero-order chi connectivity index (χ0) is 25.6. The standard InChI is InChI=1S/C31H43FO4/c1-3-5-6-7-21-35-30-20-15-26(23-29(30)32)31(33)36-28-18-16-27(17-19-28)34-22-8-10-25-13-11-24(9-4-2)12-14-25/h15-20,23-25H,3-14,21-22H2,1-2H3/t24-,25-. The molecule has 0 saturated heterocycles. The first-order valence-corrected chi connectivity index (χ1v) is 14.0. The molecule has 2 aromatic carbocycles. The summed E-state index contributed by atoms with van der Waals surface area (Å²) in [5.74, 6) is 1.95. The zero-order valence-corrected chi connectivity index (χ0v) is 22.1. The summed E-state index contributed by atoms with van der Waals surface area (Å²) in [7, 11) is 0. The molecule has 0 unspecified atom stereocenters. The Labute approximate surface area is 216 Å². The van der Waals surface area contributed by atoms with Gasteiger partial charge in [-0.05, 0) is 73.6 Å². The summed E-state index contributed by atoms with van der Waals surface area (Å²) < 4.78 is 31.1. The van der Waals surface area contributed by atoms with Crippen molar-refractivity contribution in [3.05, 3.63) is 53.8 Å². The van der Waals surface area contributed by atoms with Crippen molar-refractivity contribution in [3.63, 3.8) is 0 Å². The van der Waals surface area contributed by atoms with Gasteiger partial charge in [-0.25, -0.2) is 9.18 Å². The van der Waals surface area contributed by atoms with E-state index in [0.29, 0.717) is 19.0 Å². The van der Waals surface area contributed by atoms with Crippen LogP contribution in [0.3, 0.4) is 0 Å². The van der Waals surface area contributed by atoms with E-state index in [2.05, 4.69) is 13.8 Å². The lowest BCUT2D eigenvalue weighted by molar-refractivity contribution is 0.0734. The van der Waals surface area contributed by atoms with Gasteiger partial charge in [-0.1, -0.05) is 71.6 Å². The predicted octanol–water partition coefficient (Wildman–Crippen LogP) is 8.77. The highest BCUT2D eigenvalue weighted by molar-refractivity contribution is 5.91. The van der Waals surface area contributed by atoms with Gasteiger partial charge >= 0.3 is 5.97 Å². The summed E-state index contributed by atoms with van der Waals surface area (Å²) in [6.07, 6.45) is 14.7. The van der Waals surface area contributed by atoms with Crippen molar-refractivity contribution in [1.82, 2.24) is 0 Å². The molecule has 0 aromatic heterocycles. The first-order chi connectivity index (χ1) is 17.6. The minimum atomic E-state index is -0.606. The van der Waals surface area contributed by atoms with Gasteiger partial charge in [0.05, 0.1) is 18.8 Å². The second-order valence-electron chi connectivity index (χ2n) is 10.1. The van der Waals surface area contributed by atoms with Crippen molar-refractivity contribution in [2.75, 3.05) is 13.2 Å². The van der Waals surface area contributed by atoms with Crippen LogP contribution in [0, 0.1) is 17.7 Å². The van der Waals surface area contributed by atoms with Gasteiger partial charge in [0.1, 0.15) is 11.5 Å². The third kappa shape index (κ3) is 9.48. The fraction of sp³-hybridized carbons (Fsp3) is 0.581. The first-order valence-electron chi connectivity index (χ1n) is 14.0. The van der Waals surface area contributed by atoms with Gasteiger partial charge in [-0.3, -0.25) is 0 Å². The molecule has 0 heterocycles. The monoisotopic (exact) mass is 498 g/mol. The topological polar surface area (TPSA) is 44.8 Å². The number of unbranched alkanes of at least 4 members (excludes halogenated alkanes) is 3. The highest BCUT2D eigenvalue weighted by atomic mass is 19.1. The van der Waals surface area contributed by atoms with Crippen LogP contribution in [0.4, 0.5) is 4.39 Å². The summed E-state index contributed by atoms with van der Waals surface area (Å²) in [5, 5.41) is 0. The van der Waals surface area contributed by atoms with Crippen LogP contribution in [0.1, 0.15) is 101 Å². The molecular weight excluding hydrogens is 455 g/mol. The normalized spacial score (nSPS) is 17.5. The maximum Gasteiger partial charge on any atom is 0.343 e. The highest BCUT2D eigenvalue weighted by Gasteiger charge is 2.20. The molecule has 3 rings (SSSR count). The molecule has 1 aliphatic rings. The molecule has 198 valence electrons. The van der Waals surface area contributed by atoms with Gasteiger partial charge in [0.2, 0.25) is 0 Å². The van der Waals surface area contributed by atoms with Crippen LogP contribution in [0.5, 0.6) is 17.2 Å². The Kier molecular flexibility index (Phi) is 12.1. The summed E-state index contributed by atoms with van der Waals surface area (Å²) in [5.41, 5.74) is 0.148. The number of esters is 1. The lowest BCUT2D eigenvalue weighted by Gasteiger charge is -2.28. The van der Waals surface area contributed by atoms with Crippen molar-refractivity contribution in [3.8, 4) is 17.2 Å². The molecule has 0 aliphatic heterocycles. The van der Waals surface area contributed by atoms with Crippen LogP contribution < -0.4 is 14.2 Å². The van der Waals surface area contributed by atoms with E-state index >= 15 is 0 Å². The molecule has 2 aromatic rings. The Morgan fingerprint density at radius 3 is 2.11 bits per heavy atom. The van der Waals surface area contributed by atoms with Crippen molar-refractivity contribution < 1.29 is 23.4 Å². The van der Waals surface area contributed by atoms with E-state index in [-0.39, 0.29) is 11.3 Å². The number of benzene rings is 2. The van der Waals surface area contributed by atoms with Crippen molar-refractivity contribution in [2.24, 2.45) is 11.8 Å². The van der Waals surface area contributed by atoms with E-state index in [1.54, 1.807) is 24.3 Å². The average molecular weight is 499 g/mol. The van der Waals surface area contributed by atoms with Gasteiger partial charge in [0.15, 0.2) is 11.6 Å². The number of hydrogen-bond acceptors (Lipinski definition) is 4. The minimum absolute atomic E-state index is 0.148. The molecule has 0 spiro atoms. The fourth-order valence-electron chi connectivity index (χ4n) is 5.00. The molecule has 5 heteroatoms. The van der Waals surface area contributed by atoms with Crippen LogP contribution in [-0.4, -0.2) is 19.2 Å². The molecule has 1 fully saturated rings. The van der Waals surface area contributed by atoms with Gasteiger partial charge in [0.25, 0.3) is 0 Å². The number of hydrogen-bond donors (Lipinski definition) is 0. The molecule has 36 heavy (non-hydrogen) atoms. The summed E-state index contributed by atoms with van der Waals surface area (Å²) in [6.45, 7) is 5.59. The number of rotatable bonds is 15. The van der Waals surface area contributed by atoms with Crippen LogP contribution >= 0.6 is 0 Å². The fourth-order valence-corrected chi connectivity index (χ4v) is 5.00. The Morgan fingerprint density at radius 1 is 0.778 bits per heavy atom. The van der Waals surface area contributed by atoms with E-state index < -0.39 is 11.8 Å². The summed E-state index contributed by atoms with van der Waals surface area (Å²) >= 11 is 0. The highest BCUT2D eigenvalue weighted by Crippen LogP contribution is 2.33. The predicted molar refractivity (Wildman–Crippen MR) is 143 cm³/mol. The Bertz CT molecular complexity index is 903. The lowest BCUT2D eigenvalue weighted by Crippen LogP contribution is -2.15. The Balaban J connectivity index is 1.36. The summed E-state index contributed by atoms with van der Waals surface area (Å²) in [6, 6.07) is 11.2. The van der Waals surface area contributed by atoms with E-state index in [1.165, 1.54) is 57.1 Å². The van der Waals surface area contributed by atoms with Gasteiger partial charge in [0, 0.05) is 0 Å². The Morgan fingerprint density at radius 2 is 1.44 bits per heavy atom. The van der Waals surface area contributed by atoms with E-state index in [0.717, 1.165) is 55.8 Å². The third-order valence-electron chi connectivity index (χ3n) is 7.15. The van der Waals surface area contributed by atoms with Crippen LogP contribution in [-0.2, 0) is 0 Å². The number of ether oxygens (including phenoxy) is 3. The van der Waals surface area contributed by atoms with Crippen LogP contribution in [0.25, 0.3) is 0 Å². The van der Waals surface area contributed by atoms with E-state index in [1.807, 2.05) is 0 Å². The number of carbonyl (C=O) groups is 1. The van der Waals surface area contributed by atoms with E-state index in [4.69, 9.17) is 14.2 Å². The van der Waals surface area contributed by atoms with E-state index in [9.17, 15) is 9.18 Å². The number of carbonyl (C=O) groups excluding carboxylic acids is 1. The lowest BCUT2D eigenvalue weighted by atomic mass is 9.78. The SMILES string of the molecule is CCCCCCOc1ccc(C(=O)Oc2ccc(OCCC[C@H]3CC[C@H](CCC)CC3)cc2)cc1F. The molecule has 0 atom stereocenters. The molecule has 0 N–H and O–H groups in total. The van der Waals surface area contributed by atoms with Gasteiger partial charge < -0.3 is 14.2 Å². The first kappa shape index (κ1) is 28.0. The molecule has 0 radical (unpaired) electrons. The van der Waals surface area contributed by atoms with Crippen molar-refractivity contribution in [1.29, 1.82) is 0 Å². The zero-order valence-electron chi connectivity index (χ0n) is 22.1. The average Bonchev–Trinajstić information content (AvgIpc) is 2.89. The second-order valence-corrected chi connectivity index (χ2v) is 10.1. The maximum absolute atomic E-state index is 14.3. The Hall–Kier alpha value is -2.56. The molecule has 0 amide bonds. The van der Waals surface area contributed by atoms with Gasteiger partial charge in [-0.15, -0.1) is 0 Å². The second kappa shape index (κ2) is 15.5. The van der Waals surface area contributed by atoms with Gasteiger partial charge in [-0.2, -0.15) is 0 Å². The molecule has 1 saturated carbocycles. The van der Waals surface area contributed by atoms with Crippen molar-refractivity contribution >= 4 is 5.97 Å². The maximum atomic E-state index is 14.3. The molecule has 4 nitrogen and oxygen atoms in total. The molecule has 1 aliphatic carbocycles. The van der Waals surface area contributed by atoms with Crippen LogP contribution in [0.2, 0.25) is 0 Å². The number of halogens is 1. The third-order valence-corrected chi connectivity index (χ3v) is 7.15. The largest absolute Gasteiger partial charge is 0.494 e. The van der Waals surface area contributed by atoms with Crippen molar-refractivity contribution in [2.45, 2.75) is 90.9 Å². The van der Waals surface area contributed by atoms with Crippen LogP contribution in [0.15, 0.2) is 42.5 Å². The molecular formula is C31H43FO4. The minimum Gasteiger partial charge on any atom is -0.494 e. The molecule has 0 bridgehead atoms. The smallest absolute Gasteiger partial charge is 0.343 e. The quantitative estimate of drug-likeness (QED) is 0.140. The summed E-state index contributed by atoms with van der Waals surface area (Å²) in [4.78, 5) is 12.5.